The lowest BCUT2D eigenvalue weighted by atomic mass is 9.93. The van der Waals surface area contributed by atoms with E-state index < -0.39 is 23.4 Å². The lowest BCUT2D eigenvalue weighted by Gasteiger charge is -2.25. The van der Waals surface area contributed by atoms with Crippen LogP contribution in [0.2, 0.25) is 0 Å². The molecule has 1 N–H and O–H groups in total. The fourth-order valence-corrected chi connectivity index (χ4v) is 5.78. The normalized spacial score (nSPS) is 18.1. The Labute approximate surface area is 238 Å². The summed E-state index contributed by atoms with van der Waals surface area (Å²) >= 11 is 0. The molecule has 0 unspecified atom stereocenters. The first-order valence-corrected chi connectivity index (χ1v) is 14.2. The van der Waals surface area contributed by atoms with Gasteiger partial charge in [-0.15, -0.1) is 0 Å². The summed E-state index contributed by atoms with van der Waals surface area (Å²) in [5.74, 6) is -2.14. The van der Waals surface area contributed by atoms with Crippen LogP contribution in [0.25, 0.3) is 0 Å². The Bertz CT molecular complexity index is 1380. The fraction of sp³-hybridized carbons (Fsp3) is 0.406. The molecule has 9 heteroatoms. The minimum absolute atomic E-state index is 0.00721. The van der Waals surface area contributed by atoms with E-state index in [1.807, 2.05) is 49.4 Å². The molecule has 5 rings (SSSR count). The number of hydrogen-bond donors (Lipinski definition) is 1. The molecule has 2 aliphatic heterocycles. The Hall–Kier alpha value is -3.72. The third-order valence-electron chi connectivity index (χ3n) is 7.85. The minimum atomic E-state index is -1.51. The molecule has 0 saturated carbocycles. The van der Waals surface area contributed by atoms with Crippen molar-refractivity contribution in [3.63, 3.8) is 0 Å². The molecule has 1 amide bonds. The van der Waals surface area contributed by atoms with Crippen molar-refractivity contribution in [1.29, 1.82) is 0 Å². The summed E-state index contributed by atoms with van der Waals surface area (Å²) in [7, 11) is 0. The quantitative estimate of drug-likeness (QED) is 0.269. The standard InChI is InChI=1S/C32H35F3N2O4/c1-4-13-39-22-10-7-19(8-11-22)25-14-21(20-9-12-26-27(15-20)41-18-40-26)16-37(25)17-28(38)36-32-23(5-2)29(33)31(35)30(34)24(32)6-3/h7-12,15,21,25H,4-6,13-14,16-18H2,1-3H3,(H,36,38)/t21-,25-/m1/s1. The molecule has 2 aliphatic rings. The van der Waals surface area contributed by atoms with Gasteiger partial charge < -0.3 is 19.5 Å². The van der Waals surface area contributed by atoms with Gasteiger partial charge in [0.25, 0.3) is 0 Å². The largest absolute Gasteiger partial charge is 0.494 e. The molecule has 0 radical (unpaired) electrons. The average Bonchev–Trinajstić information content (AvgIpc) is 3.62. The van der Waals surface area contributed by atoms with Crippen LogP contribution in [0.1, 0.15) is 67.8 Å². The first-order valence-electron chi connectivity index (χ1n) is 14.2. The van der Waals surface area contributed by atoms with Crippen LogP contribution in [-0.2, 0) is 17.6 Å². The lowest BCUT2D eigenvalue weighted by Crippen LogP contribution is -2.34. The summed E-state index contributed by atoms with van der Waals surface area (Å²) in [6.45, 7) is 6.73. The number of carbonyl (C=O) groups is 1. The molecular weight excluding hydrogens is 533 g/mol. The van der Waals surface area contributed by atoms with Crippen molar-refractivity contribution in [3.8, 4) is 17.2 Å². The van der Waals surface area contributed by atoms with E-state index in [2.05, 4.69) is 10.2 Å². The molecule has 0 aromatic heterocycles. The maximum atomic E-state index is 14.6. The predicted molar refractivity (Wildman–Crippen MR) is 150 cm³/mol. The van der Waals surface area contributed by atoms with Crippen molar-refractivity contribution in [1.82, 2.24) is 4.90 Å². The van der Waals surface area contributed by atoms with Crippen LogP contribution in [0, 0.1) is 17.5 Å². The molecule has 1 saturated heterocycles. The highest BCUT2D eigenvalue weighted by Gasteiger charge is 2.36. The van der Waals surface area contributed by atoms with Gasteiger partial charge in [-0.05, 0) is 67.0 Å². The van der Waals surface area contributed by atoms with Gasteiger partial charge in [-0.25, -0.2) is 13.2 Å². The van der Waals surface area contributed by atoms with Crippen LogP contribution in [0.5, 0.6) is 17.2 Å². The number of hydrogen-bond acceptors (Lipinski definition) is 5. The summed E-state index contributed by atoms with van der Waals surface area (Å²) in [6, 6.07) is 13.7. The van der Waals surface area contributed by atoms with Crippen molar-refractivity contribution in [3.05, 3.63) is 82.2 Å². The number of nitrogens with zero attached hydrogens (tertiary/aromatic N) is 1. The topological polar surface area (TPSA) is 60.0 Å². The number of likely N-dealkylation sites (tertiary alicyclic amines) is 1. The second-order valence-electron chi connectivity index (χ2n) is 10.4. The van der Waals surface area contributed by atoms with Crippen molar-refractivity contribution in [2.75, 3.05) is 31.8 Å². The SMILES string of the molecule is CCCOc1ccc([C@H]2C[C@@H](c3ccc4c(c3)OCO4)CN2CC(=O)Nc2c(CC)c(F)c(F)c(F)c2CC)cc1. The van der Waals surface area contributed by atoms with Gasteiger partial charge in [-0.2, -0.15) is 0 Å². The number of benzene rings is 3. The highest BCUT2D eigenvalue weighted by Crippen LogP contribution is 2.43. The molecule has 0 bridgehead atoms. The lowest BCUT2D eigenvalue weighted by molar-refractivity contribution is -0.117. The van der Waals surface area contributed by atoms with Crippen molar-refractivity contribution < 1.29 is 32.2 Å². The molecule has 218 valence electrons. The van der Waals surface area contributed by atoms with Gasteiger partial charge in [-0.1, -0.05) is 39.0 Å². The highest BCUT2D eigenvalue weighted by atomic mass is 19.2. The van der Waals surface area contributed by atoms with E-state index in [9.17, 15) is 18.0 Å². The molecule has 2 heterocycles. The Kier molecular flexibility index (Phi) is 8.73. The molecule has 3 aromatic carbocycles. The molecular formula is C32H35F3N2O4. The Morgan fingerprint density at radius 2 is 1.59 bits per heavy atom. The monoisotopic (exact) mass is 568 g/mol. The second kappa shape index (κ2) is 12.4. The van der Waals surface area contributed by atoms with Gasteiger partial charge in [0.05, 0.1) is 18.8 Å². The van der Waals surface area contributed by atoms with Gasteiger partial charge in [-0.3, -0.25) is 9.69 Å². The molecule has 6 nitrogen and oxygen atoms in total. The number of anilines is 1. The Balaban J connectivity index is 1.41. The number of halogens is 3. The minimum Gasteiger partial charge on any atom is -0.494 e. The maximum Gasteiger partial charge on any atom is 0.238 e. The molecule has 2 atom stereocenters. The summed E-state index contributed by atoms with van der Waals surface area (Å²) in [5.41, 5.74) is 2.07. The van der Waals surface area contributed by atoms with E-state index in [0.717, 1.165) is 29.7 Å². The van der Waals surface area contributed by atoms with E-state index >= 15 is 0 Å². The molecule has 0 aliphatic carbocycles. The summed E-state index contributed by atoms with van der Waals surface area (Å²) in [5, 5.41) is 2.73. The summed E-state index contributed by atoms with van der Waals surface area (Å²) in [6.07, 6.45) is 1.88. The zero-order chi connectivity index (χ0) is 29.1. The van der Waals surface area contributed by atoms with E-state index in [0.29, 0.717) is 24.7 Å². The van der Waals surface area contributed by atoms with Crippen LogP contribution in [-0.4, -0.2) is 37.3 Å². The Morgan fingerprint density at radius 1 is 0.927 bits per heavy atom. The second-order valence-corrected chi connectivity index (χ2v) is 10.4. The average molecular weight is 569 g/mol. The van der Waals surface area contributed by atoms with Crippen LogP contribution in [0.15, 0.2) is 42.5 Å². The number of amides is 1. The molecule has 0 spiro atoms. The highest BCUT2D eigenvalue weighted by molar-refractivity contribution is 5.94. The zero-order valence-corrected chi connectivity index (χ0v) is 23.6. The fourth-order valence-electron chi connectivity index (χ4n) is 5.78. The van der Waals surface area contributed by atoms with Crippen LogP contribution >= 0.6 is 0 Å². The zero-order valence-electron chi connectivity index (χ0n) is 23.6. The van der Waals surface area contributed by atoms with Crippen molar-refractivity contribution in [2.24, 2.45) is 0 Å². The number of carbonyl (C=O) groups excluding carboxylic acids is 1. The van der Waals surface area contributed by atoms with E-state index in [1.165, 1.54) is 0 Å². The van der Waals surface area contributed by atoms with E-state index in [-0.39, 0.29) is 55.0 Å². The van der Waals surface area contributed by atoms with Crippen molar-refractivity contribution in [2.45, 2.75) is 58.4 Å². The third-order valence-corrected chi connectivity index (χ3v) is 7.85. The summed E-state index contributed by atoms with van der Waals surface area (Å²) < 4.78 is 60.2. The first-order chi connectivity index (χ1) is 19.8. The van der Waals surface area contributed by atoms with Gasteiger partial charge in [0.15, 0.2) is 29.0 Å². The van der Waals surface area contributed by atoms with Gasteiger partial charge in [0, 0.05) is 23.7 Å². The van der Waals surface area contributed by atoms with Gasteiger partial charge in [0.1, 0.15) is 5.75 Å². The van der Waals surface area contributed by atoms with Gasteiger partial charge >= 0.3 is 0 Å². The smallest absolute Gasteiger partial charge is 0.238 e. The predicted octanol–water partition coefficient (Wildman–Crippen LogP) is 6.92. The van der Waals surface area contributed by atoms with Crippen LogP contribution in [0.3, 0.4) is 0 Å². The number of ether oxygens (including phenoxy) is 3. The molecule has 3 aromatic rings. The van der Waals surface area contributed by atoms with Crippen molar-refractivity contribution >= 4 is 11.6 Å². The maximum absolute atomic E-state index is 14.6. The molecule has 1 fully saturated rings. The number of fused-ring (bicyclic) bond motifs is 1. The third kappa shape index (κ3) is 5.86. The van der Waals surface area contributed by atoms with E-state index in [4.69, 9.17) is 14.2 Å². The number of nitrogens with one attached hydrogen (secondary N) is 1. The Morgan fingerprint density at radius 3 is 2.24 bits per heavy atom. The summed E-state index contributed by atoms with van der Waals surface area (Å²) in [4.78, 5) is 15.5. The van der Waals surface area contributed by atoms with Crippen LogP contribution in [0.4, 0.5) is 18.9 Å². The van der Waals surface area contributed by atoms with Gasteiger partial charge in [0.2, 0.25) is 12.7 Å². The van der Waals surface area contributed by atoms with E-state index in [1.54, 1.807) is 13.8 Å². The van der Waals surface area contributed by atoms with Crippen LogP contribution < -0.4 is 19.5 Å². The number of rotatable bonds is 10. The molecule has 41 heavy (non-hydrogen) atoms. The first kappa shape index (κ1) is 28.8.